The first-order valence-corrected chi connectivity index (χ1v) is 7.18. The van der Waals surface area contributed by atoms with Crippen LogP contribution in [0.15, 0.2) is 12.1 Å². The molecule has 1 aromatic heterocycles. The Balaban J connectivity index is 2.50. The Morgan fingerprint density at radius 1 is 1.26 bits per heavy atom. The molecule has 0 aliphatic rings. The lowest BCUT2D eigenvalue weighted by molar-refractivity contribution is -0.140. The lowest BCUT2D eigenvalue weighted by Gasteiger charge is -2.09. The van der Waals surface area contributed by atoms with Gasteiger partial charge in [-0.1, -0.05) is 0 Å². The molecule has 9 heteroatoms. The molecule has 1 heterocycles. The summed E-state index contributed by atoms with van der Waals surface area (Å²) in [4.78, 5) is 15.7. The molecule has 0 saturated carbocycles. The first-order chi connectivity index (χ1) is 10.7. The molecule has 2 aromatic rings. The van der Waals surface area contributed by atoms with Crippen molar-refractivity contribution in [3.63, 3.8) is 0 Å². The Morgan fingerprint density at radius 3 is 2.48 bits per heavy atom. The summed E-state index contributed by atoms with van der Waals surface area (Å²) in [5.41, 5.74) is -1.92. The van der Waals surface area contributed by atoms with Gasteiger partial charge in [0.05, 0.1) is 17.9 Å². The van der Waals surface area contributed by atoms with E-state index in [0.29, 0.717) is 6.07 Å². The molecule has 124 valence electrons. The number of nitrogens with zero attached hydrogens (tertiary/aromatic N) is 1. The average molecular weight is 351 g/mol. The van der Waals surface area contributed by atoms with Crippen LogP contribution in [0.4, 0.5) is 22.0 Å². The van der Waals surface area contributed by atoms with Crippen LogP contribution in [0.25, 0.3) is 10.6 Å². The molecule has 23 heavy (non-hydrogen) atoms. The second-order valence-corrected chi connectivity index (χ2v) is 5.44. The van der Waals surface area contributed by atoms with E-state index < -0.39 is 34.9 Å². The van der Waals surface area contributed by atoms with Gasteiger partial charge >= 0.3 is 12.1 Å². The van der Waals surface area contributed by atoms with Crippen molar-refractivity contribution in [2.45, 2.75) is 20.0 Å². The molecule has 2 rings (SSSR count). The summed E-state index contributed by atoms with van der Waals surface area (Å²) >= 11 is 0.723. The van der Waals surface area contributed by atoms with Crippen molar-refractivity contribution in [2.75, 3.05) is 6.61 Å². The van der Waals surface area contributed by atoms with Crippen LogP contribution in [-0.4, -0.2) is 17.6 Å². The normalized spacial score (nSPS) is 11.6. The number of aromatic nitrogens is 1. The van der Waals surface area contributed by atoms with Gasteiger partial charge in [0.1, 0.15) is 9.88 Å². The standard InChI is InChI=1S/C14H10F5NO2S/c1-3-22-13(21)11-6(2)20-12(23-11)7-4-5-8(14(17,18)19)10(16)9(7)15/h4-5H,3H2,1-2H3. The van der Waals surface area contributed by atoms with Gasteiger partial charge in [0.25, 0.3) is 0 Å². The molecule has 0 N–H and O–H groups in total. The predicted octanol–water partition coefficient (Wildman–Crippen LogP) is 4.59. The monoisotopic (exact) mass is 351 g/mol. The van der Waals surface area contributed by atoms with Crippen molar-refractivity contribution in [1.82, 2.24) is 4.98 Å². The van der Waals surface area contributed by atoms with E-state index in [4.69, 9.17) is 4.74 Å². The Hall–Kier alpha value is -2.03. The second kappa shape index (κ2) is 6.23. The Labute approximate surface area is 131 Å². The number of ether oxygens (including phenoxy) is 1. The highest BCUT2D eigenvalue weighted by Crippen LogP contribution is 2.37. The smallest absolute Gasteiger partial charge is 0.419 e. The topological polar surface area (TPSA) is 39.2 Å². The molecule has 3 nitrogen and oxygen atoms in total. The van der Waals surface area contributed by atoms with E-state index in [1.807, 2.05) is 0 Å². The van der Waals surface area contributed by atoms with E-state index in [9.17, 15) is 26.7 Å². The van der Waals surface area contributed by atoms with Crippen LogP contribution >= 0.6 is 11.3 Å². The zero-order valence-electron chi connectivity index (χ0n) is 11.9. The van der Waals surface area contributed by atoms with Gasteiger partial charge in [-0.15, -0.1) is 11.3 Å². The van der Waals surface area contributed by atoms with Crippen molar-refractivity contribution in [1.29, 1.82) is 0 Å². The molecular weight excluding hydrogens is 341 g/mol. The number of aryl methyl sites for hydroxylation is 1. The number of thiazole rings is 1. The van der Waals surface area contributed by atoms with Gasteiger partial charge < -0.3 is 4.74 Å². The highest BCUT2D eigenvalue weighted by Gasteiger charge is 2.36. The molecule has 0 unspecified atom stereocenters. The Kier molecular flexibility index (Phi) is 4.69. The van der Waals surface area contributed by atoms with Gasteiger partial charge in [0.15, 0.2) is 11.6 Å². The van der Waals surface area contributed by atoms with Crippen LogP contribution < -0.4 is 0 Å². The van der Waals surface area contributed by atoms with Crippen LogP contribution in [0.3, 0.4) is 0 Å². The predicted molar refractivity (Wildman–Crippen MR) is 73.2 cm³/mol. The third-order valence-corrected chi connectivity index (χ3v) is 4.05. The first kappa shape index (κ1) is 17.3. The molecule has 0 radical (unpaired) electrons. The van der Waals surface area contributed by atoms with Crippen molar-refractivity contribution < 1.29 is 31.5 Å². The van der Waals surface area contributed by atoms with Gasteiger partial charge in [-0.2, -0.15) is 13.2 Å². The van der Waals surface area contributed by atoms with E-state index in [-0.39, 0.29) is 22.2 Å². The Bertz CT molecular complexity index is 754. The first-order valence-electron chi connectivity index (χ1n) is 6.37. The van der Waals surface area contributed by atoms with Crippen LogP contribution in [0.1, 0.15) is 27.9 Å². The van der Waals surface area contributed by atoms with Crippen LogP contribution in [0.5, 0.6) is 0 Å². The minimum Gasteiger partial charge on any atom is -0.462 e. The van der Waals surface area contributed by atoms with Crippen LogP contribution in [0.2, 0.25) is 0 Å². The molecular formula is C14H10F5NO2S. The van der Waals surface area contributed by atoms with Crippen molar-refractivity contribution in [3.8, 4) is 10.6 Å². The largest absolute Gasteiger partial charge is 0.462 e. The Morgan fingerprint density at radius 2 is 1.91 bits per heavy atom. The van der Waals surface area contributed by atoms with E-state index >= 15 is 0 Å². The van der Waals surface area contributed by atoms with Gasteiger partial charge in [-0.05, 0) is 26.0 Å². The van der Waals surface area contributed by atoms with Crippen LogP contribution in [-0.2, 0) is 10.9 Å². The second-order valence-electron chi connectivity index (χ2n) is 4.44. The highest BCUT2D eigenvalue weighted by molar-refractivity contribution is 7.17. The summed E-state index contributed by atoms with van der Waals surface area (Å²) < 4.78 is 70.0. The molecule has 1 aromatic carbocycles. The third-order valence-electron chi connectivity index (χ3n) is 2.88. The zero-order chi connectivity index (χ0) is 17.4. The molecule has 0 saturated heterocycles. The van der Waals surface area contributed by atoms with E-state index in [0.717, 1.165) is 17.4 Å². The molecule has 0 atom stereocenters. The highest BCUT2D eigenvalue weighted by atomic mass is 32.1. The fraction of sp³-hybridized carbons (Fsp3) is 0.286. The molecule has 0 aliphatic heterocycles. The summed E-state index contributed by atoms with van der Waals surface area (Å²) in [7, 11) is 0. The van der Waals surface area contributed by atoms with Crippen molar-refractivity contribution in [3.05, 3.63) is 39.9 Å². The van der Waals surface area contributed by atoms with Crippen molar-refractivity contribution >= 4 is 17.3 Å². The number of rotatable bonds is 3. The molecule has 0 fully saturated rings. The minimum atomic E-state index is -5.00. The maximum absolute atomic E-state index is 13.9. The molecule has 0 amide bonds. The fourth-order valence-corrected chi connectivity index (χ4v) is 2.81. The van der Waals surface area contributed by atoms with Crippen LogP contribution in [0, 0.1) is 18.6 Å². The lowest BCUT2D eigenvalue weighted by Crippen LogP contribution is -2.10. The van der Waals surface area contributed by atoms with Gasteiger partial charge in [-0.3, -0.25) is 0 Å². The third kappa shape index (κ3) is 3.34. The SMILES string of the molecule is CCOC(=O)c1sc(-c2ccc(C(F)(F)F)c(F)c2F)nc1C. The quantitative estimate of drug-likeness (QED) is 0.600. The molecule has 0 bridgehead atoms. The van der Waals surface area contributed by atoms with Gasteiger partial charge in [0, 0.05) is 5.56 Å². The maximum Gasteiger partial charge on any atom is 0.419 e. The molecule has 0 spiro atoms. The summed E-state index contributed by atoms with van der Waals surface area (Å²) in [5.74, 6) is -4.34. The number of esters is 1. The van der Waals surface area contributed by atoms with Crippen molar-refractivity contribution in [2.24, 2.45) is 0 Å². The zero-order valence-corrected chi connectivity index (χ0v) is 12.7. The summed E-state index contributed by atoms with van der Waals surface area (Å²) in [6.45, 7) is 3.18. The number of hydrogen-bond acceptors (Lipinski definition) is 4. The van der Waals surface area contributed by atoms with Gasteiger partial charge in [0.2, 0.25) is 0 Å². The number of hydrogen-bond donors (Lipinski definition) is 0. The number of alkyl halides is 3. The lowest BCUT2D eigenvalue weighted by atomic mass is 10.1. The fourth-order valence-electron chi connectivity index (χ4n) is 1.83. The summed E-state index contributed by atoms with van der Waals surface area (Å²) in [5, 5.41) is -0.101. The number of benzene rings is 1. The number of carbonyl (C=O) groups excluding carboxylic acids is 1. The number of halogens is 5. The maximum atomic E-state index is 13.9. The van der Waals surface area contributed by atoms with E-state index in [2.05, 4.69) is 4.98 Å². The summed E-state index contributed by atoms with van der Waals surface area (Å²) in [6.07, 6.45) is -5.00. The van der Waals surface area contributed by atoms with E-state index in [1.54, 1.807) is 6.92 Å². The van der Waals surface area contributed by atoms with Gasteiger partial charge in [-0.25, -0.2) is 18.6 Å². The number of carbonyl (C=O) groups is 1. The summed E-state index contributed by atoms with van der Waals surface area (Å²) in [6, 6.07) is 1.23. The minimum absolute atomic E-state index is 0.0848. The molecule has 0 aliphatic carbocycles. The van der Waals surface area contributed by atoms with E-state index in [1.165, 1.54) is 6.92 Å². The average Bonchev–Trinajstić information content (AvgIpc) is 2.82.